The molecule has 27 heavy (non-hydrogen) atoms. The molecule has 2 aromatic rings. The fraction of sp³-hybridized carbons (Fsp3) is 0.333. The smallest absolute Gasteiger partial charge is 0.242 e. The van der Waals surface area contributed by atoms with Crippen molar-refractivity contribution in [2.24, 2.45) is 0 Å². The Morgan fingerprint density at radius 2 is 1.67 bits per heavy atom. The molecule has 0 aliphatic carbocycles. The normalized spacial score (nSPS) is 11.6. The largest absolute Gasteiger partial charge is 0.497 e. The van der Waals surface area contributed by atoms with Crippen LogP contribution in [0.2, 0.25) is 0 Å². The molecular formula is C21H25BrN2O3. The van der Waals surface area contributed by atoms with E-state index in [1.54, 1.807) is 18.9 Å². The lowest BCUT2D eigenvalue weighted by atomic mass is 10.1. The number of hydrogen-bond donors (Lipinski definition) is 1. The van der Waals surface area contributed by atoms with Crippen LogP contribution >= 0.6 is 15.9 Å². The molecule has 0 heterocycles. The minimum absolute atomic E-state index is 0.0955. The van der Waals surface area contributed by atoms with E-state index in [-0.39, 0.29) is 18.2 Å². The summed E-state index contributed by atoms with van der Waals surface area (Å²) in [5.41, 5.74) is 1.85. The maximum absolute atomic E-state index is 13.0. The predicted molar refractivity (Wildman–Crippen MR) is 110 cm³/mol. The number of methoxy groups -OCH3 is 1. The number of rotatable bonds is 8. The molecule has 0 aliphatic heterocycles. The number of likely N-dealkylation sites (N-methyl/N-ethyl adjacent to an activating group) is 1. The molecule has 2 amide bonds. The molecule has 0 bridgehead atoms. The van der Waals surface area contributed by atoms with Crippen molar-refractivity contribution >= 4 is 27.7 Å². The fourth-order valence-corrected chi connectivity index (χ4v) is 2.97. The van der Waals surface area contributed by atoms with Crippen LogP contribution in [0, 0.1) is 0 Å². The summed E-state index contributed by atoms with van der Waals surface area (Å²) in [5, 5.41) is 2.80. The van der Waals surface area contributed by atoms with E-state index in [9.17, 15) is 9.59 Å². The van der Waals surface area contributed by atoms with Crippen molar-refractivity contribution in [2.75, 3.05) is 13.7 Å². The van der Waals surface area contributed by atoms with Crippen LogP contribution in [0.1, 0.15) is 25.0 Å². The molecule has 144 valence electrons. The van der Waals surface area contributed by atoms with E-state index >= 15 is 0 Å². The van der Waals surface area contributed by atoms with E-state index in [4.69, 9.17) is 4.74 Å². The second kappa shape index (κ2) is 10.1. The van der Waals surface area contributed by atoms with Gasteiger partial charge in [0.25, 0.3) is 0 Å². The van der Waals surface area contributed by atoms with Crippen molar-refractivity contribution in [3.8, 4) is 5.75 Å². The Hall–Kier alpha value is -2.34. The Labute approximate surface area is 168 Å². The number of benzene rings is 2. The summed E-state index contributed by atoms with van der Waals surface area (Å²) in [4.78, 5) is 27.0. The molecule has 0 fully saturated rings. The Bertz CT molecular complexity index is 760. The van der Waals surface area contributed by atoms with Gasteiger partial charge < -0.3 is 15.0 Å². The summed E-state index contributed by atoms with van der Waals surface area (Å²) in [5.74, 6) is 0.494. The van der Waals surface area contributed by atoms with Crippen molar-refractivity contribution in [3.05, 3.63) is 64.1 Å². The van der Waals surface area contributed by atoms with Gasteiger partial charge in [-0.1, -0.05) is 40.2 Å². The first-order valence-corrected chi connectivity index (χ1v) is 9.68. The molecule has 5 nitrogen and oxygen atoms in total. The SMILES string of the molecule is CCNC(=O)C(C)N(Cc1ccc(Br)cc1)C(=O)Cc1ccc(OC)cc1. The standard InChI is InChI=1S/C21H25BrN2O3/c1-4-23-21(26)15(2)24(14-17-5-9-18(22)10-6-17)20(25)13-16-7-11-19(27-3)12-8-16/h5-12,15H,4,13-14H2,1-3H3,(H,23,26). The van der Waals surface area contributed by atoms with Crippen LogP contribution in [0.5, 0.6) is 5.75 Å². The Morgan fingerprint density at radius 1 is 1.07 bits per heavy atom. The molecule has 0 saturated heterocycles. The molecule has 1 atom stereocenters. The van der Waals surface area contributed by atoms with Crippen LogP contribution in [-0.4, -0.2) is 36.4 Å². The molecule has 2 rings (SSSR count). The molecular weight excluding hydrogens is 408 g/mol. The Balaban J connectivity index is 2.19. The van der Waals surface area contributed by atoms with Gasteiger partial charge in [-0.3, -0.25) is 9.59 Å². The molecule has 0 saturated carbocycles. The van der Waals surface area contributed by atoms with E-state index < -0.39 is 6.04 Å². The van der Waals surface area contributed by atoms with Crippen molar-refractivity contribution in [1.82, 2.24) is 10.2 Å². The van der Waals surface area contributed by atoms with E-state index in [1.165, 1.54) is 0 Å². The molecule has 1 unspecified atom stereocenters. The maximum atomic E-state index is 13.0. The van der Waals surface area contributed by atoms with Gasteiger partial charge in [0.15, 0.2) is 0 Å². The lowest BCUT2D eigenvalue weighted by Gasteiger charge is -2.29. The number of hydrogen-bond acceptors (Lipinski definition) is 3. The predicted octanol–water partition coefficient (Wildman–Crippen LogP) is 3.55. The molecule has 1 N–H and O–H groups in total. The van der Waals surface area contributed by atoms with Gasteiger partial charge in [-0.25, -0.2) is 0 Å². The average molecular weight is 433 g/mol. The van der Waals surface area contributed by atoms with Crippen molar-refractivity contribution in [2.45, 2.75) is 32.9 Å². The maximum Gasteiger partial charge on any atom is 0.242 e. The van der Waals surface area contributed by atoms with E-state index in [0.29, 0.717) is 13.1 Å². The molecule has 2 aromatic carbocycles. The number of amides is 2. The molecule has 0 aliphatic rings. The summed E-state index contributed by atoms with van der Waals surface area (Å²) in [6.07, 6.45) is 0.226. The monoisotopic (exact) mass is 432 g/mol. The highest BCUT2D eigenvalue weighted by molar-refractivity contribution is 9.10. The van der Waals surface area contributed by atoms with Gasteiger partial charge in [0.2, 0.25) is 11.8 Å². The zero-order valence-corrected chi connectivity index (χ0v) is 17.5. The van der Waals surface area contributed by atoms with Gasteiger partial charge in [-0.2, -0.15) is 0 Å². The van der Waals surface area contributed by atoms with Crippen LogP contribution in [0.15, 0.2) is 53.0 Å². The van der Waals surface area contributed by atoms with Crippen LogP contribution in [0.3, 0.4) is 0 Å². The van der Waals surface area contributed by atoms with Crippen LogP contribution < -0.4 is 10.1 Å². The van der Waals surface area contributed by atoms with Gasteiger partial charge in [-0.15, -0.1) is 0 Å². The third kappa shape index (κ3) is 6.10. The quantitative estimate of drug-likeness (QED) is 0.693. The number of nitrogens with zero attached hydrogens (tertiary/aromatic N) is 1. The number of ether oxygens (including phenoxy) is 1. The summed E-state index contributed by atoms with van der Waals surface area (Å²) < 4.78 is 6.13. The number of nitrogens with one attached hydrogen (secondary N) is 1. The lowest BCUT2D eigenvalue weighted by Crippen LogP contribution is -2.48. The highest BCUT2D eigenvalue weighted by Gasteiger charge is 2.25. The van der Waals surface area contributed by atoms with Gasteiger partial charge in [0, 0.05) is 17.6 Å². The van der Waals surface area contributed by atoms with Gasteiger partial charge in [0.05, 0.1) is 13.5 Å². The first-order valence-electron chi connectivity index (χ1n) is 8.89. The van der Waals surface area contributed by atoms with Crippen LogP contribution in [0.25, 0.3) is 0 Å². The zero-order valence-electron chi connectivity index (χ0n) is 15.9. The minimum atomic E-state index is -0.556. The first kappa shape index (κ1) is 21.0. The third-order valence-corrected chi connectivity index (χ3v) is 4.83. The van der Waals surface area contributed by atoms with Crippen molar-refractivity contribution in [1.29, 1.82) is 0 Å². The van der Waals surface area contributed by atoms with Gasteiger partial charge in [-0.05, 0) is 49.2 Å². The highest BCUT2D eigenvalue weighted by atomic mass is 79.9. The van der Waals surface area contributed by atoms with E-state index in [1.807, 2.05) is 55.5 Å². The topological polar surface area (TPSA) is 58.6 Å². The Morgan fingerprint density at radius 3 is 2.22 bits per heavy atom. The summed E-state index contributed by atoms with van der Waals surface area (Å²) in [7, 11) is 1.61. The lowest BCUT2D eigenvalue weighted by molar-refractivity contribution is -0.140. The van der Waals surface area contributed by atoms with E-state index in [2.05, 4.69) is 21.2 Å². The molecule has 0 spiro atoms. The number of carbonyl (C=O) groups excluding carboxylic acids is 2. The first-order chi connectivity index (χ1) is 12.9. The summed E-state index contributed by atoms with van der Waals surface area (Å²) in [6, 6.07) is 14.6. The second-order valence-electron chi connectivity index (χ2n) is 6.24. The van der Waals surface area contributed by atoms with Crippen molar-refractivity contribution < 1.29 is 14.3 Å². The van der Waals surface area contributed by atoms with Crippen LogP contribution in [0.4, 0.5) is 0 Å². The summed E-state index contributed by atoms with van der Waals surface area (Å²) >= 11 is 3.41. The fourth-order valence-electron chi connectivity index (χ4n) is 2.71. The Kier molecular flexibility index (Phi) is 7.85. The molecule has 6 heteroatoms. The van der Waals surface area contributed by atoms with Gasteiger partial charge in [0.1, 0.15) is 11.8 Å². The average Bonchev–Trinajstić information content (AvgIpc) is 2.67. The number of halogens is 1. The van der Waals surface area contributed by atoms with Crippen molar-refractivity contribution in [3.63, 3.8) is 0 Å². The minimum Gasteiger partial charge on any atom is -0.497 e. The summed E-state index contributed by atoms with van der Waals surface area (Å²) in [6.45, 7) is 4.53. The van der Waals surface area contributed by atoms with Gasteiger partial charge >= 0.3 is 0 Å². The zero-order chi connectivity index (χ0) is 19.8. The second-order valence-corrected chi connectivity index (χ2v) is 7.16. The molecule has 0 radical (unpaired) electrons. The van der Waals surface area contributed by atoms with Crippen LogP contribution in [-0.2, 0) is 22.6 Å². The number of carbonyl (C=O) groups is 2. The molecule has 0 aromatic heterocycles. The highest BCUT2D eigenvalue weighted by Crippen LogP contribution is 2.17. The van der Waals surface area contributed by atoms with E-state index in [0.717, 1.165) is 21.3 Å². The third-order valence-electron chi connectivity index (χ3n) is 4.30.